The first kappa shape index (κ1) is 40.1. The Balaban J connectivity index is 1.59. The molecular formula is C34H41F3N8O6. The molecule has 0 aliphatic heterocycles. The van der Waals surface area contributed by atoms with Crippen molar-refractivity contribution in [3.63, 3.8) is 0 Å². The van der Waals surface area contributed by atoms with Gasteiger partial charge in [-0.3, -0.25) is 39.2 Å². The van der Waals surface area contributed by atoms with Gasteiger partial charge in [0, 0.05) is 49.7 Å². The van der Waals surface area contributed by atoms with Gasteiger partial charge in [0.1, 0.15) is 6.61 Å². The fraction of sp³-hybridized carbons (Fsp3) is 0.471. The van der Waals surface area contributed by atoms with Crippen LogP contribution < -0.4 is 26.4 Å². The van der Waals surface area contributed by atoms with Crippen molar-refractivity contribution in [3.05, 3.63) is 52.1 Å². The SMILES string of the molecule is COCC#CCCCC(=O)NCCCC[C@@H](C)NC(=O)c1ccc(N(Cc2cnc3nc(NC(=O)C(C)C)[nH]c(=O)c3n2)C(=O)C(F)(F)F)cc1. The molecule has 4 amide bonds. The molecule has 2 aromatic heterocycles. The number of nitrogens with one attached hydrogen (secondary N) is 4. The first-order valence-electron chi connectivity index (χ1n) is 16.3. The zero-order valence-electron chi connectivity index (χ0n) is 28.8. The van der Waals surface area contributed by atoms with Crippen LogP contribution in [0.5, 0.6) is 0 Å². The summed E-state index contributed by atoms with van der Waals surface area (Å²) in [6.07, 6.45) is -0.456. The number of carbonyl (C=O) groups excluding carboxylic acids is 4. The van der Waals surface area contributed by atoms with E-state index in [1.165, 1.54) is 24.3 Å². The van der Waals surface area contributed by atoms with Crippen LogP contribution in [0.25, 0.3) is 11.2 Å². The number of carbonyl (C=O) groups is 4. The fourth-order valence-corrected chi connectivity index (χ4v) is 4.56. The Morgan fingerprint density at radius 2 is 1.75 bits per heavy atom. The molecule has 0 bridgehead atoms. The van der Waals surface area contributed by atoms with Gasteiger partial charge < -0.3 is 15.4 Å². The summed E-state index contributed by atoms with van der Waals surface area (Å²) < 4.78 is 45.7. The Morgan fingerprint density at radius 3 is 2.41 bits per heavy atom. The minimum absolute atomic E-state index is 0.0509. The van der Waals surface area contributed by atoms with Crippen LogP contribution in [0.3, 0.4) is 0 Å². The van der Waals surface area contributed by atoms with Crippen molar-refractivity contribution < 1.29 is 37.1 Å². The highest BCUT2D eigenvalue weighted by Crippen LogP contribution is 2.26. The molecule has 4 N–H and O–H groups in total. The Kier molecular flexibility index (Phi) is 15.0. The molecule has 51 heavy (non-hydrogen) atoms. The van der Waals surface area contributed by atoms with Crippen molar-refractivity contribution in [2.75, 3.05) is 30.5 Å². The normalized spacial score (nSPS) is 11.8. The third-order valence-electron chi connectivity index (χ3n) is 7.29. The number of alkyl halides is 3. The van der Waals surface area contributed by atoms with E-state index < -0.39 is 41.9 Å². The number of methoxy groups -OCH3 is 1. The minimum atomic E-state index is -5.25. The number of aromatic nitrogens is 4. The number of anilines is 2. The molecule has 0 spiro atoms. The smallest absolute Gasteiger partial charge is 0.372 e. The molecule has 1 aromatic carbocycles. The number of aromatic amines is 1. The molecule has 0 aliphatic carbocycles. The highest BCUT2D eigenvalue weighted by molar-refractivity contribution is 5.99. The van der Waals surface area contributed by atoms with Gasteiger partial charge in [0.2, 0.25) is 17.8 Å². The molecule has 0 aliphatic rings. The first-order valence-corrected chi connectivity index (χ1v) is 16.3. The lowest BCUT2D eigenvalue weighted by Crippen LogP contribution is -2.41. The molecule has 14 nitrogen and oxygen atoms in total. The zero-order valence-corrected chi connectivity index (χ0v) is 28.8. The van der Waals surface area contributed by atoms with E-state index in [9.17, 15) is 37.1 Å². The highest BCUT2D eigenvalue weighted by atomic mass is 19.4. The molecule has 17 heteroatoms. The maximum atomic E-state index is 13.6. The molecule has 3 rings (SSSR count). The van der Waals surface area contributed by atoms with E-state index in [1.807, 2.05) is 6.92 Å². The second-order valence-electron chi connectivity index (χ2n) is 11.9. The number of ether oxygens (including phenoxy) is 1. The topological polar surface area (TPSA) is 188 Å². The Bertz CT molecular complexity index is 1800. The van der Waals surface area contributed by atoms with Crippen molar-refractivity contribution >= 4 is 46.4 Å². The van der Waals surface area contributed by atoms with Gasteiger partial charge in [-0.15, -0.1) is 5.92 Å². The summed E-state index contributed by atoms with van der Waals surface area (Å²) in [4.78, 5) is 76.7. The van der Waals surface area contributed by atoms with Crippen LogP contribution in [0.4, 0.5) is 24.8 Å². The number of H-pyrrole nitrogens is 1. The van der Waals surface area contributed by atoms with E-state index in [2.05, 4.69) is 47.7 Å². The lowest BCUT2D eigenvalue weighted by Gasteiger charge is -2.24. The molecular weight excluding hydrogens is 673 g/mol. The second-order valence-corrected chi connectivity index (χ2v) is 11.9. The summed E-state index contributed by atoms with van der Waals surface area (Å²) >= 11 is 0. The molecule has 274 valence electrons. The maximum absolute atomic E-state index is 13.6. The molecule has 0 radical (unpaired) electrons. The number of rotatable bonds is 16. The van der Waals surface area contributed by atoms with Gasteiger partial charge in [0.25, 0.3) is 11.5 Å². The van der Waals surface area contributed by atoms with Crippen LogP contribution in [-0.4, -0.2) is 76.0 Å². The monoisotopic (exact) mass is 714 g/mol. The summed E-state index contributed by atoms with van der Waals surface area (Å²) in [7, 11) is 1.56. The number of nitrogens with zero attached hydrogens (tertiary/aromatic N) is 4. The van der Waals surface area contributed by atoms with Crippen LogP contribution in [-0.2, 0) is 25.7 Å². The Labute approximate surface area is 292 Å². The molecule has 1 atom stereocenters. The number of amides is 4. The van der Waals surface area contributed by atoms with E-state index in [0.29, 0.717) is 50.2 Å². The fourth-order valence-electron chi connectivity index (χ4n) is 4.56. The molecule has 0 unspecified atom stereocenters. The number of fused-ring (bicyclic) bond motifs is 1. The lowest BCUT2D eigenvalue weighted by molar-refractivity contribution is -0.170. The predicted molar refractivity (Wildman–Crippen MR) is 182 cm³/mol. The largest absolute Gasteiger partial charge is 0.471 e. The number of hydrogen-bond acceptors (Lipinski definition) is 9. The van der Waals surface area contributed by atoms with Crippen LogP contribution in [0.1, 0.15) is 75.3 Å². The van der Waals surface area contributed by atoms with Crippen molar-refractivity contribution in [1.82, 2.24) is 30.6 Å². The number of halogens is 3. The van der Waals surface area contributed by atoms with E-state index in [-0.39, 0.29) is 46.0 Å². The van der Waals surface area contributed by atoms with Crippen molar-refractivity contribution in [2.45, 2.75) is 78.1 Å². The predicted octanol–water partition coefficient (Wildman–Crippen LogP) is 3.63. The van der Waals surface area contributed by atoms with Crippen molar-refractivity contribution in [3.8, 4) is 11.8 Å². The molecule has 0 saturated carbocycles. The maximum Gasteiger partial charge on any atom is 0.471 e. The van der Waals surface area contributed by atoms with Crippen molar-refractivity contribution in [2.24, 2.45) is 5.92 Å². The average molecular weight is 715 g/mol. The Morgan fingerprint density at radius 1 is 1.02 bits per heavy atom. The highest BCUT2D eigenvalue weighted by Gasteiger charge is 2.43. The first-order chi connectivity index (χ1) is 24.2. The van der Waals surface area contributed by atoms with Crippen LogP contribution >= 0.6 is 0 Å². The van der Waals surface area contributed by atoms with Crippen molar-refractivity contribution in [1.29, 1.82) is 0 Å². The summed E-state index contributed by atoms with van der Waals surface area (Å²) in [6.45, 7) is 5.24. The van der Waals surface area contributed by atoms with Gasteiger partial charge in [0.05, 0.1) is 18.4 Å². The van der Waals surface area contributed by atoms with Crippen LogP contribution in [0.15, 0.2) is 35.3 Å². The van der Waals surface area contributed by atoms with Gasteiger partial charge in [0.15, 0.2) is 11.2 Å². The molecule has 0 fully saturated rings. The zero-order chi connectivity index (χ0) is 37.6. The Hall–Kier alpha value is -5.37. The van der Waals surface area contributed by atoms with Gasteiger partial charge in [-0.1, -0.05) is 19.8 Å². The quantitative estimate of drug-likeness (QED) is 0.127. The molecule has 0 saturated heterocycles. The summed E-state index contributed by atoms with van der Waals surface area (Å²) in [6, 6.07) is 4.75. The standard InChI is InChI=1S/C34H41F3N8O6/c1-21(2)29(47)43-33-42-28-27(31(49)44-33)41-24(19-39-28)20-45(32(50)34(35,36)37)25-15-13-23(14-16-25)30(48)40-22(3)11-8-9-17-38-26(46)12-7-5-6-10-18-51-4/h13-16,19,21-22H,5,7-9,11-12,17-18,20H2,1-4H3,(H,38,46)(H,40,48)(H2,39,42,43,44,47,49)/t22-/m1/s1. The summed E-state index contributed by atoms with van der Waals surface area (Å²) in [5.74, 6) is 2.07. The van der Waals surface area contributed by atoms with Crippen LogP contribution in [0, 0.1) is 17.8 Å². The van der Waals surface area contributed by atoms with Gasteiger partial charge in [-0.2, -0.15) is 18.2 Å². The third-order valence-corrected chi connectivity index (χ3v) is 7.29. The van der Waals surface area contributed by atoms with Crippen LogP contribution in [0.2, 0.25) is 0 Å². The van der Waals surface area contributed by atoms with E-state index in [0.717, 1.165) is 12.6 Å². The van der Waals surface area contributed by atoms with E-state index in [4.69, 9.17) is 4.74 Å². The van der Waals surface area contributed by atoms with Gasteiger partial charge in [-0.25, -0.2) is 9.97 Å². The number of hydrogen-bond donors (Lipinski definition) is 4. The number of benzene rings is 1. The summed E-state index contributed by atoms with van der Waals surface area (Å²) in [5.41, 5.74) is -1.44. The molecule has 2 heterocycles. The average Bonchev–Trinajstić information content (AvgIpc) is 3.08. The lowest BCUT2D eigenvalue weighted by atomic mass is 10.1. The minimum Gasteiger partial charge on any atom is -0.372 e. The second kappa shape index (κ2) is 19.1. The number of unbranched alkanes of at least 4 members (excludes halogenated alkanes) is 2. The third kappa shape index (κ3) is 12.8. The van der Waals surface area contributed by atoms with E-state index in [1.54, 1.807) is 21.0 Å². The molecule has 3 aromatic rings. The van der Waals surface area contributed by atoms with E-state index >= 15 is 0 Å². The van der Waals surface area contributed by atoms with Gasteiger partial charge >= 0.3 is 12.1 Å². The van der Waals surface area contributed by atoms with Gasteiger partial charge in [-0.05, 0) is 56.9 Å². The summed E-state index contributed by atoms with van der Waals surface area (Å²) in [5, 5.41) is 8.12.